The summed E-state index contributed by atoms with van der Waals surface area (Å²) in [6, 6.07) is 10.2. The lowest BCUT2D eigenvalue weighted by atomic mass is 9.94. The second-order valence-electron chi connectivity index (χ2n) is 9.06. The molecule has 13 heteroatoms. The van der Waals surface area contributed by atoms with Crippen molar-refractivity contribution in [2.75, 3.05) is 11.1 Å². The highest BCUT2D eigenvalue weighted by atomic mass is 35.5. The van der Waals surface area contributed by atoms with E-state index in [9.17, 15) is 17.6 Å². The average Bonchev–Trinajstić information content (AvgIpc) is 3.51. The van der Waals surface area contributed by atoms with Crippen molar-refractivity contribution >= 4 is 56.2 Å². The molecule has 8 nitrogen and oxygen atoms in total. The zero-order valence-electron chi connectivity index (χ0n) is 20.3. The fourth-order valence-electron chi connectivity index (χ4n) is 4.21. The predicted molar refractivity (Wildman–Crippen MR) is 145 cm³/mol. The maximum Gasteiger partial charge on any atom is 0.258 e. The standard InChI is InChI=1S/C26H20Cl3FN4O4S/c1-2-39(36,37)17-5-4-15(31-13-17)12-22(35)32-16-10-19(28)23(20(29)11-16)26(7-8-26)25-33-24(38-34-25)14-3-6-21(30)18(27)9-14/h3-6,9-11,13H,2,7-8,12H2,1H3,(H,32,35). The summed E-state index contributed by atoms with van der Waals surface area (Å²) in [6.45, 7) is 1.55. The highest BCUT2D eigenvalue weighted by Gasteiger charge is 2.52. The van der Waals surface area contributed by atoms with Crippen molar-refractivity contribution in [3.8, 4) is 11.5 Å². The molecule has 39 heavy (non-hydrogen) atoms. The predicted octanol–water partition coefficient (Wildman–Crippen LogP) is 6.29. The Balaban J connectivity index is 1.33. The van der Waals surface area contributed by atoms with E-state index in [1.165, 1.54) is 36.5 Å². The summed E-state index contributed by atoms with van der Waals surface area (Å²) in [5, 5.41) is 7.45. The molecule has 202 valence electrons. The quantitative estimate of drug-likeness (QED) is 0.250. The van der Waals surface area contributed by atoms with Crippen molar-refractivity contribution in [3.63, 3.8) is 0 Å². The Morgan fingerprint density at radius 2 is 1.79 bits per heavy atom. The van der Waals surface area contributed by atoms with Crippen molar-refractivity contribution in [2.24, 2.45) is 0 Å². The molecule has 0 unspecified atom stereocenters. The van der Waals surface area contributed by atoms with Gasteiger partial charge in [-0.15, -0.1) is 0 Å². The van der Waals surface area contributed by atoms with Crippen LogP contribution in [0, 0.1) is 5.82 Å². The summed E-state index contributed by atoms with van der Waals surface area (Å²) in [5.74, 6) is -0.400. The summed E-state index contributed by atoms with van der Waals surface area (Å²) in [5.41, 5.74) is 1.22. The molecule has 0 radical (unpaired) electrons. The average molecular weight is 610 g/mol. The van der Waals surface area contributed by atoms with E-state index in [1.807, 2.05) is 0 Å². The summed E-state index contributed by atoms with van der Waals surface area (Å²) in [7, 11) is -3.38. The number of carbonyl (C=O) groups excluding carboxylic acids is 1. The molecule has 5 rings (SSSR count). The third kappa shape index (κ3) is 5.51. The van der Waals surface area contributed by atoms with Gasteiger partial charge in [-0.1, -0.05) is 46.9 Å². The Bertz CT molecular complexity index is 1670. The molecule has 0 atom stereocenters. The Morgan fingerprint density at radius 3 is 2.38 bits per heavy atom. The number of aromatic nitrogens is 3. The SMILES string of the molecule is CCS(=O)(=O)c1ccc(CC(=O)Nc2cc(Cl)c(C3(c4noc(-c5ccc(F)c(Cl)c5)n4)CC3)c(Cl)c2)nc1. The van der Waals surface area contributed by atoms with Crippen LogP contribution in [0.15, 0.2) is 58.1 Å². The fraction of sp³-hybridized carbons (Fsp3) is 0.231. The molecular weight excluding hydrogens is 590 g/mol. The summed E-state index contributed by atoms with van der Waals surface area (Å²) in [4.78, 5) is 21.3. The second kappa shape index (κ2) is 10.5. The molecule has 0 bridgehead atoms. The maximum absolute atomic E-state index is 13.5. The van der Waals surface area contributed by atoms with E-state index in [-0.39, 0.29) is 33.9 Å². The smallest absolute Gasteiger partial charge is 0.258 e. The van der Waals surface area contributed by atoms with Gasteiger partial charge in [0.05, 0.1) is 27.5 Å². The number of carbonyl (C=O) groups is 1. The number of nitrogens with zero attached hydrogens (tertiary/aromatic N) is 3. The van der Waals surface area contributed by atoms with Gasteiger partial charge >= 0.3 is 0 Å². The summed E-state index contributed by atoms with van der Waals surface area (Å²) >= 11 is 19.2. The molecule has 1 aliphatic carbocycles. The summed E-state index contributed by atoms with van der Waals surface area (Å²) in [6.07, 6.45) is 2.52. The highest BCUT2D eigenvalue weighted by Crippen LogP contribution is 2.57. The van der Waals surface area contributed by atoms with Gasteiger partial charge in [0.25, 0.3) is 5.89 Å². The molecule has 0 saturated heterocycles. The summed E-state index contributed by atoms with van der Waals surface area (Å²) < 4.78 is 42.8. The molecular formula is C26H20Cl3FN4O4S. The topological polar surface area (TPSA) is 115 Å². The van der Waals surface area contributed by atoms with Crippen LogP contribution >= 0.6 is 34.8 Å². The van der Waals surface area contributed by atoms with Crippen LogP contribution in [0.4, 0.5) is 10.1 Å². The molecule has 1 saturated carbocycles. The van der Waals surface area contributed by atoms with E-state index < -0.39 is 21.1 Å². The Labute approximate surface area is 238 Å². The van der Waals surface area contributed by atoms with E-state index in [0.717, 1.165) is 0 Å². The first-order valence-corrected chi connectivity index (χ1v) is 14.6. The Hall–Kier alpha value is -3.05. The van der Waals surface area contributed by atoms with E-state index in [1.54, 1.807) is 19.1 Å². The van der Waals surface area contributed by atoms with Gasteiger partial charge in [-0.05, 0) is 55.3 Å². The number of hydrogen-bond donors (Lipinski definition) is 1. The molecule has 2 aromatic carbocycles. The van der Waals surface area contributed by atoms with E-state index in [4.69, 9.17) is 39.3 Å². The van der Waals surface area contributed by atoms with Gasteiger partial charge in [0.2, 0.25) is 5.91 Å². The van der Waals surface area contributed by atoms with Gasteiger partial charge in [0.15, 0.2) is 15.7 Å². The molecule has 1 N–H and O–H groups in total. The zero-order chi connectivity index (χ0) is 27.9. The number of nitrogens with one attached hydrogen (secondary N) is 1. The highest BCUT2D eigenvalue weighted by molar-refractivity contribution is 7.91. The number of halogens is 4. The second-order valence-corrected chi connectivity index (χ2v) is 12.6. The maximum atomic E-state index is 13.5. The third-order valence-electron chi connectivity index (χ3n) is 6.45. The van der Waals surface area contributed by atoms with Gasteiger partial charge in [-0.3, -0.25) is 9.78 Å². The number of sulfone groups is 1. The molecule has 2 aromatic heterocycles. The monoisotopic (exact) mass is 608 g/mol. The normalized spacial score (nSPS) is 14.3. The molecule has 4 aromatic rings. The molecule has 2 heterocycles. The molecule has 0 aliphatic heterocycles. The lowest BCUT2D eigenvalue weighted by Crippen LogP contribution is -2.17. The van der Waals surface area contributed by atoms with Gasteiger partial charge in [-0.25, -0.2) is 12.8 Å². The Kier molecular flexibility index (Phi) is 7.41. The molecule has 1 aliphatic rings. The van der Waals surface area contributed by atoms with Crippen molar-refractivity contribution in [1.29, 1.82) is 0 Å². The number of amides is 1. The van der Waals surface area contributed by atoms with Crippen LogP contribution < -0.4 is 5.32 Å². The number of benzene rings is 2. The molecule has 1 amide bonds. The first kappa shape index (κ1) is 27.5. The molecule has 0 spiro atoms. The minimum absolute atomic E-state index is 0.0374. The van der Waals surface area contributed by atoms with Crippen molar-refractivity contribution < 1.29 is 22.1 Å². The van der Waals surface area contributed by atoms with Gasteiger partial charge < -0.3 is 9.84 Å². The number of anilines is 1. The number of hydrogen-bond acceptors (Lipinski definition) is 7. The van der Waals surface area contributed by atoms with Gasteiger partial charge in [0.1, 0.15) is 5.82 Å². The lowest BCUT2D eigenvalue weighted by molar-refractivity contribution is -0.115. The van der Waals surface area contributed by atoms with Crippen molar-refractivity contribution in [3.05, 3.63) is 86.6 Å². The van der Waals surface area contributed by atoms with E-state index in [2.05, 4.69) is 20.4 Å². The van der Waals surface area contributed by atoms with Crippen LogP contribution in [0.3, 0.4) is 0 Å². The molecule has 1 fully saturated rings. The van der Waals surface area contributed by atoms with Gasteiger partial charge in [0, 0.05) is 38.8 Å². The van der Waals surface area contributed by atoms with Crippen LogP contribution in [0.2, 0.25) is 15.1 Å². The fourth-order valence-corrected chi connectivity index (χ4v) is 6.06. The third-order valence-corrected chi connectivity index (χ3v) is 9.06. The van der Waals surface area contributed by atoms with E-state index in [0.29, 0.717) is 51.2 Å². The van der Waals surface area contributed by atoms with Crippen LogP contribution in [0.5, 0.6) is 0 Å². The largest absolute Gasteiger partial charge is 0.334 e. The minimum atomic E-state index is -3.38. The minimum Gasteiger partial charge on any atom is -0.334 e. The van der Waals surface area contributed by atoms with Crippen LogP contribution in [-0.4, -0.2) is 35.2 Å². The van der Waals surface area contributed by atoms with Crippen LogP contribution in [0.25, 0.3) is 11.5 Å². The lowest BCUT2D eigenvalue weighted by Gasteiger charge is -2.17. The van der Waals surface area contributed by atoms with Crippen LogP contribution in [0.1, 0.15) is 36.8 Å². The van der Waals surface area contributed by atoms with Crippen LogP contribution in [-0.2, 0) is 26.5 Å². The van der Waals surface area contributed by atoms with E-state index >= 15 is 0 Å². The first-order chi connectivity index (χ1) is 18.5. The number of rotatable bonds is 8. The first-order valence-electron chi connectivity index (χ1n) is 11.8. The van der Waals surface area contributed by atoms with Gasteiger partial charge in [-0.2, -0.15) is 4.98 Å². The Morgan fingerprint density at radius 1 is 1.08 bits per heavy atom. The van der Waals surface area contributed by atoms with Crippen molar-refractivity contribution in [1.82, 2.24) is 15.1 Å². The number of pyridine rings is 1. The zero-order valence-corrected chi connectivity index (χ0v) is 23.4. The van der Waals surface area contributed by atoms with Crippen molar-refractivity contribution in [2.45, 2.75) is 36.5 Å².